The van der Waals surface area contributed by atoms with E-state index < -0.39 is 116 Å². The van der Waals surface area contributed by atoms with Crippen LogP contribution in [0.2, 0.25) is 0 Å². The molecule has 7 rings (SSSR count). The zero-order valence-electron chi connectivity index (χ0n) is 41.6. The van der Waals surface area contributed by atoms with Crippen LogP contribution in [0, 0.1) is 18.7 Å². The first-order valence-corrected chi connectivity index (χ1v) is 24.2. The first-order chi connectivity index (χ1) is 35.4. The van der Waals surface area contributed by atoms with Crippen molar-refractivity contribution in [3.63, 3.8) is 0 Å². The average molecular weight is 1020 g/mol. The Balaban J connectivity index is 0.971. The molecule has 0 radical (unpaired) electrons. The zero-order chi connectivity index (χ0) is 53.4. The highest BCUT2D eigenvalue weighted by atomic mass is 19.1. The summed E-state index contributed by atoms with van der Waals surface area (Å²) in [4.78, 5) is 134. The summed E-state index contributed by atoms with van der Waals surface area (Å²) in [7, 11) is 1.47. The van der Waals surface area contributed by atoms with Crippen molar-refractivity contribution in [1.29, 1.82) is 0 Å². The lowest BCUT2D eigenvalue weighted by Crippen LogP contribution is -2.52. The Labute approximate surface area is 424 Å². The normalized spacial score (nSPS) is 15.5. The molecule has 4 heterocycles. The minimum absolute atomic E-state index is 0.0141. The van der Waals surface area contributed by atoms with Crippen LogP contribution in [0.25, 0.3) is 22.3 Å². The van der Waals surface area contributed by atoms with E-state index in [1.807, 2.05) is 6.92 Å². The Morgan fingerprint density at radius 3 is 2.23 bits per heavy atom. The molecule has 6 N–H and O–H groups in total. The van der Waals surface area contributed by atoms with Gasteiger partial charge in [-0.3, -0.25) is 48.1 Å². The maximum Gasteiger partial charge on any atom is 0.257 e. The number of carbonyl (C=O) groups excluding carboxylic acids is 9. The van der Waals surface area contributed by atoms with Gasteiger partial charge in [0.15, 0.2) is 0 Å². The molecule has 22 heteroatoms. The van der Waals surface area contributed by atoms with E-state index in [9.17, 15) is 47.9 Å². The number of aryl methyl sites for hydroxylation is 1. The lowest BCUT2D eigenvalue weighted by Gasteiger charge is -2.31. The van der Waals surface area contributed by atoms with Gasteiger partial charge in [0, 0.05) is 54.2 Å². The van der Waals surface area contributed by atoms with E-state index in [2.05, 4.69) is 31.9 Å². The monoisotopic (exact) mass is 1020 g/mol. The number of aldehydes is 1. The number of nitrogens with zero attached hydrogens (tertiary/aromatic N) is 3. The van der Waals surface area contributed by atoms with Crippen LogP contribution in [0.4, 0.5) is 4.39 Å². The largest absolute Gasteiger partial charge is 0.380 e. The van der Waals surface area contributed by atoms with Crippen LogP contribution in [0.3, 0.4) is 0 Å². The molecule has 2 aromatic carbocycles. The van der Waals surface area contributed by atoms with Crippen LogP contribution in [0.15, 0.2) is 59.4 Å². The van der Waals surface area contributed by atoms with Crippen molar-refractivity contribution in [3.05, 3.63) is 110 Å². The SMILES string of the molecule is CCC(C=O)c1cc2n(c(=O)c1COC)Cc1c-2nc2cc(F)c(C)c3c2c1C(NC(=O)C(OCNC(=O)CNC(=O)C(Cc1ccccc1)NC(=O)CNC(=O)CNC(=O)CN1C(=O)C=CC1=O)C(C)C)CC3. The van der Waals surface area contributed by atoms with Crippen LogP contribution >= 0.6 is 0 Å². The third kappa shape index (κ3) is 11.9. The number of benzene rings is 2. The third-order valence-electron chi connectivity index (χ3n) is 13.2. The molecule has 0 saturated heterocycles. The maximum atomic E-state index is 15.5. The summed E-state index contributed by atoms with van der Waals surface area (Å²) in [5, 5.41) is 16.0. The highest BCUT2D eigenvalue weighted by molar-refractivity contribution is 6.14. The smallest absolute Gasteiger partial charge is 0.257 e. The lowest BCUT2D eigenvalue weighted by molar-refractivity contribution is -0.141. The summed E-state index contributed by atoms with van der Waals surface area (Å²) in [6, 6.07) is 10.0. The molecule has 4 aromatic rings. The summed E-state index contributed by atoms with van der Waals surface area (Å²) in [5.74, 6) is -6.95. The van der Waals surface area contributed by atoms with Gasteiger partial charge in [-0.15, -0.1) is 0 Å². The molecule has 3 aliphatic rings. The van der Waals surface area contributed by atoms with Gasteiger partial charge in [0.25, 0.3) is 17.4 Å². The van der Waals surface area contributed by atoms with Crippen molar-refractivity contribution >= 4 is 64.4 Å². The minimum Gasteiger partial charge on any atom is -0.380 e. The Morgan fingerprint density at radius 2 is 1.55 bits per heavy atom. The fraction of sp³-hybridized carbons (Fsp3) is 0.404. The Morgan fingerprint density at radius 1 is 0.878 bits per heavy atom. The van der Waals surface area contributed by atoms with E-state index in [1.165, 1.54) is 13.2 Å². The Hall–Kier alpha value is -7.98. The molecule has 1 aliphatic carbocycles. The van der Waals surface area contributed by atoms with Crippen LogP contribution in [-0.2, 0) is 78.6 Å². The van der Waals surface area contributed by atoms with Gasteiger partial charge in [-0.2, -0.15) is 0 Å². The van der Waals surface area contributed by atoms with Gasteiger partial charge in [0.2, 0.25) is 35.4 Å². The topological polar surface area (TPSA) is 282 Å². The van der Waals surface area contributed by atoms with E-state index in [0.29, 0.717) is 79.8 Å². The second kappa shape index (κ2) is 23.7. The Kier molecular flexibility index (Phi) is 17.2. The number of nitrogens with one attached hydrogen (secondary N) is 6. The molecule has 2 aliphatic heterocycles. The highest BCUT2D eigenvalue weighted by Gasteiger charge is 2.37. The summed E-state index contributed by atoms with van der Waals surface area (Å²) >= 11 is 0. The molecule has 21 nitrogen and oxygen atoms in total. The number of hydrogen-bond donors (Lipinski definition) is 6. The standard InChI is InChI=1S/C52H58FN9O12/c1-6-30(24-63)32-17-39-48-33(22-61(39)52(72)34(32)25-73-5)47-36(13-12-31-28(4)35(53)18-37(59-48)46(31)47)60-51(71)49(27(2)3)74-26-57-41(65)20-56-50(70)38(16-29-10-8-7-9-11-29)58-42(66)21-54-40(64)19-55-43(67)23-62-44(68)14-15-45(62)69/h7-11,14-15,17-18,24,27,30,36,38,49H,6,12-13,16,19-23,25-26H2,1-5H3,(H,54,64)(H,55,67)(H,56,70)(H,57,65)(H,58,66)(H,60,71). The number of fused-ring (bicyclic) bond motifs is 4. The van der Waals surface area contributed by atoms with Gasteiger partial charge in [0.1, 0.15) is 37.5 Å². The van der Waals surface area contributed by atoms with E-state index >= 15 is 4.39 Å². The molecule has 0 bridgehead atoms. The van der Waals surface area contributed by atoms with E-state index in [-0.39, 0.29) is 25.1 Å². The molecular formula is C52H58FN9O12. The van der Waals surface area contributed by atoms with Crippen molar-refractivity contribution in [1.82, 2.24) is 46.4 Å². The number of halogens is 1. The molecule has 4 unspecified atom stereocenters. The van der Waals surface area contributed by atoms with E-state index in [0.717, 1.165) is 24.0 Å². The summed E-state index contributed by atoms with van der Waals surface area (Å²) in [6.45, 7) is 4.47. The molecule has 390 valence electrons. The molecule has 0 saturated carbocycles. The van der Waals surface area contributed by atoms with Gasteiger partial charge in [-0.1, -0.05) is 51.1 Å². The summed E-state index contributed by atoms with van der Waals surface area (Å²) < 4.78 is 28.4. The number of amides is 8. The highest BCUT2D eigenvalue weighted by Crippen LogP contribution is 2.45. The van der Waals surface area contributed by atoms with Crippen molar-refractivity contribution in [2.45, 2.75) is 90.6 Å². The second-order valence-corrected chi connectivity index (χ2v) is 18.5. The van der Waals surface area contributed by atoms with Crippen molar-refractivity contribution in [3.8, 4) is 11.4 Å². The van der Waals surface area contributed by atoms with Gasteiger partial charge in [0.05, 0.1) is 55.7 Å². The van der Waals surface area contributed by atoms with Crippen LogP contribution in [0.5, 0.6) is 0 Å². The van der Waals surface area contributed by atoms with Gasteiger partial charge < -0.3 is 50.7 Å². The maximum absolute atomic E-state index is 15.5. The van der Waals surface area contributed by atoms with Crippen molar-refractivity contribution in [2.24, 2.45) is 5.92 Å². The second-order valence-electron chi connectivity index (χ2n) is 18.5. The number of aromatic nitrogens is 2. The summed E-state index contributed by atoms with van der Waals surface area (Å²) in [5.41, 5.74) is 5.11. The number of carbonyl (C=O) groups is 9. The number of imide groups is 1. The van der Waals surface area contributed by atoms with Crippen molar-refractivity contribution < 1.29 is 57.0 Å². The molecule has 4 atom stereocenters. The molecule has 74 heavy (non-hydrogen) atoms. The number of rotatable bonds is 23. The number of pyridine rings is 2. The van der Waals surface area contributed by atoms with E-state index in [1.54, 1.807) is 61.7 Å². The lowest BCUT2D eigenvalue weighted by atomic mass is 9.81. The van der Waals surface area contributed by atoms with Gasteiger partial charge in [-0.05, 0) is 66.0 Å². The first-order valence-electron chi connectivity index (χ1n) is 24.2. The average Bonchev–Trinajstić information content (AvgIpc) is 3.91. The van der Waals surface area contributed by atoms with Crippen LogP contribution < -0.4 is 37.5 Å². The fourth-order valence-electron chi connectivity index (χ4n) is 9.42. The Bertz CT molecular complexity index is 2990. The van der Waals surface area contributed by atoms with Gasteiger partial charge >= 0.3 is 0 Å². The van der Waals surface area contributed by atoms with E-state index in [4.69, 9.17) is 14.5 Å². The quantitative estimate of drug-likeness (QED) is 0.0302. The molecular weight excluding hydrogens is 962 g/mol. The first kappa shape index (κ1) is 53.8. The predicted molar refractivity (Wildman–Crippen MR) is 264 cm³/mol. The van der Waals surface area contributed by atoms with Crippen LogP contribution in [0.1, 0.15) is 84.5 Å². The number of ether oxygens (including phenoxy) is 2. The van der Waals surface area contributed by atoms with Crippen molar-refractivity contribution in [2.75, 3.05) is 40.0 Å². The molecule has 2 aromatic heterocycles. The molecule has 0 fully saturated rings. The predicted octanol–water partition coefficient (Wildman–Crippen LogP) is 0.931. The van der Waals surface area contributed by atoms with Crippen LogP contribution in [-0.4, -0.2) is 120 Å². The third-order valence-corrected chi connectivity index (χ3v) is 13.2. The number of hydrogen-bond acceptors (Lipinski definition) is 13. The fourth-order valence-corrected chi connectivity index (χ4v) is 9.42. The number of methoxy groups -OCH3 is 1. The summed E-state index contributed by atoms with van der Waals surface area (Å²) in [6.07, 6.45) is 3.02. The minimum atomic E-state index is -1.20. The molecule has 8 amide bonds. The zero-order valence-corrected chi connectivity index (χ0v) is 41.6. The molecule has 0 spiro atoms. The van der Waals surface area contributed by atoms with Gasteiger partial charge in [-0.25, -0.2) is 9.37 Å².